The number of carbonyl (C=O) groups is 5. The molecule has 3 amide bonds. The number of amides is 3. The van der Waals surface area contributed by atoms with Gasteiger partial charge in [0, 0.05) is 12.5 Å². The maximum absolute atomic E-state index is 13.1. The maximum Gasteiger partial charge on any atom is 0.328 e. The molecule has 0 aliphatic rings. The summed E-state index contributed by atoms with van der Waals surface area (Å²) in [7, 11) is 0. The molecule has 0 saturated carbocycles. The molecule has 0 aliphatic heterocycles. The third-order valence-corrected chi connectivity index (χ3v) is 6.49. The predicted molar refractivity (Wildman–Crippen MR) is 163 cm³/mol. The molecule has 2 aromatic rings. The van der Waals surface area contributed by atoms with Gasteiger partial charge in [0.2, 0.25) is 17.7 Å². The summed E-state index contributed by atoms with van der Waals surface area (Å²) in [5.41, 5.74) is 2.86. The van der Waals surface area contributed by atoms with E-state index in [0.717, 1.165) is 11.1 Å². The van der Waals surface area contributed by atoms with Crippen molar-refractivity contribution in [1.82, 2.24) is 16.0 Å². The molecule has 10 heteroatoms. The van der Waals surface area contributed by atoms with E-state index in [2.05, 4.69) is 29.8 Å². The lowest BCUT2D eigenvalue weighted by Crippen LogP contribution is -2.55. The number of carbonyl (C=O) groups excluding carboxylic acids is 5. The second-order valence-electron chi connectivity index (χ2n) is 10.7. The summed E-state index contributed by atoms with van der Waals surface area (Å²) < 4.78 is 10.3. The Morgan fingerprint density at radius 3 is 2.14 bits per heavy atom. The normalized spacial score (nSPS) is 12.4. The summed E-state index contributed by atoms with van der Waals surface area (Å²) in [4.78, 5) is 62.8. The largest absolute Gasteiger partial charge is 0.464 e. The minimum absolute atomic E-state index is 0.0421. The van der Waals surface area contributed by atoms with Gasteiger partial charge < -0.3 is 25.4 Å². The smallest absolute Gasteiger partial charge is 0.328 e. The van der Waals surface area contributed by atoms with E-state index in [4.69, 9.17) is 9.47 Å². The quantitative estimate of drug-likeness (QED) is 0.199. The van der Waals surface area contributed by atoms with Crippen molar-refractivity contribution in [2.45, 2.75) is 72.1 Å². The topological polar surface area (TPSA) is 140 Å². The van der Waals surface area contributed by atoms with Gasteiger partial charge in [0.1, 0.15) is 18.7 Å². The number of esters is 2. The van der Waals surface area contributed by atoms with Crippen LogP contribution in [-0.4, -0.2) is 54.9 Å². The standard InChI is InChI=1S/C33H43N3O7/c1-6-42-33(41)27(17-19-30(39)43-21-25-10-8-7-9-11-25)35-32(40)31(23(4)5)36-29(38)20-34-28(37)18-14-24-12-15-26(16-13-24)22(2)3/h7-16,18,22-23,27,31H,6,17,19-21H2,1-5H3,(H,34,37)(H,35,40)(H,36,38)/b18-14+/t27-,31+/m1/s1. The van der Waals surface area contributed by atoms with Crippen LogP contribution in [0.25, 0.3) is 6.08 Å². The second-order valence-corrected chi connectivity index (χ2v) is 10.7. The molecule has 0 bridgehead atoms. The van der Waals surface area contributed by atoms with Crippen molar-refractivity contribution < 1.29 is 33.4 Å². The fourth-order valence-corrected chi connectivity index (χ4v) is 3.98. The molecule has 3 N–H and O–H groups in total. The first-order valence-electron chi connectivity index (χ1n) is 14.5. The Kier molecular flexibility index (Phi) is 14.7. The van der Waals surface area contributed by atoms with Crippen LogP contribution >= 0.6 is 0 Å². The van der Waals surface area contributed by atoms with Crippen molar-refractivity contribution in [3.05, 3.63) is 77.4 Å². The van der Waals surface area contributed by atoms with E-state index in [1.807, 2.05) is 54.6 Å². The SMILES string of the molecule is CCOC(=O)[C@@H](CCC(=O)OCc1ccccc1)NC(=O)[C@@H](NC(=O)CNC(=O)/C=C/c1ccc(C(C)C)cc1)C(C)C. The van der Waals surface area contributed by atoms with Crippen LogP contribution in [0.4, 0.5) is 0 Å². The molecule has 10 nitrogen and oxygen atoms in total. The average Bonchev–Trinajstić information content (AvgIpc) is 2.99. The summed E-state index contributed by atoms with van der Waals surface area (Å²) in [6.07, 6.45) is 2.81. The van der Waals surface area contributed by atoms with Crippen LogP contribution in [0.1, 0.15) is 70.1 Å². The van der Waals surface area contributed by atoms with Crippen molar-refractivity contribution in [3.8, 4) is 0 Å². The van der Waals surface area contributed by atoms with E-state index in [1.165, 1.54) is 11.6 Å². The predicted octanol–water partition coefficient (Wildman–Crippen LogP) is 3.65. The van der Waals surface area contributed by atoms with Crippen molar-refractivity contribution in [2.24, 2.45) is 5.92 Å². The van der Waals surface area contributed by atoms with Gasteiger partial charge in [0.05, 0.1) is 13.2 Å². The fourth-order valence-electron chi connectivity index (χ4n) is 3.98. The average molecular weight is 594 g/mol. The van der Waals surface area contributed by atoms with E-state index in [9.17, 15) is 24.0 Å². The van der Waals surface area contributed by atoms with E-state index < -0.39 is 41.7 Å². The summed E-state index contributed by atoms with van der Waals surface area (Å²) in [5.74, 6) is -2.81. The van der Waals surface area contributed by atoms with Gasteiger partial charge in [-0.2, -0.15) is 0 Å². The van der Waals surface area contributed by atoms with Gasteiger partial charge in [-0.15, -0.1) is 0 Å². The molecule has 0 fully saturated rings. The number of hydrogen-bond donors (Lipinski definition) is 3. The first-order chi connectivity index (χ1) is 20.5. The van der Waals surface area contributed by atoms with Crippen molar-refractivity contribution in [2.75, 3.05) is 13.2 Å². The molecule has 0 aromatic heterocycles. The molecule has 0 heterocycles. The van der Waals surface area contributed by atoms with Crippen molar-refractivity contribution in [3.63, 3.8) is 0 Å². The Morgan fingerprint density at radius 1 is 0.860 bits per heavy atom. The van der Waals surface area contributed by atoms with E-state index in [-0.39, 0.29) is 38.5 Å². The highest BCUT2D eigenvalue weighted by molar-refractivity contribution is 5.95. The number of ether oxygens (including phenoxy) is 2. The van der Waals surface area contributed by atoms with E-state index in [1.54, 1.807) is 26.8 Å². The zero-order chi connectivity index (χ0) is 31.8. The molecule has 232 valence electrons. The zero-order valence-corrected chi connectivity index (χ0v) is 25.6. The Labute approximate surface area is 253 Å². The van der Waals surface area contributed by atoms with Crippen LogP contribution < -0.4 is 16.0 Å². The number of nitrogens with one attached hydrogen (secondary N) is 3. The summed E-state index contributed by atoms with van der Waals surface area (Å²) in [5, 5.41) is 7.71. The van der Waals surface area contributed by atoms with Gasteiger partial charge in [0.15, 0.2) is 0 Å². The van der Waals surface area contributed by atoms with Crippen LogP contribution in [0.5, 0.6) is 0 Å². The summed E-state index contributed by atoms with van der Waals surface area (Å²) >= 11 is 0. The Hall–Kier alpha value is -4.47. The van der Waals surface area contributed by atoms with Crippen LogP contribution in [0, 0.1) is 5.92 Å². The van der Waals surface area contributed by atoms with Gasteiger partial charge in [-0.1, -0.05) is 82.3 Å². The minimum Gasteiger partial charge on any atom is -0.464 e. The van der Waals surface area contributed by atoms with E-state index in [0.29, 0.717) is 5.92 Å². The molecular formula is C33H43N3O7. The lowest BCUT2D eigenvalue weighted by molar-refractivity contribution is -0.149. The highest BCUT2D eigenvalue weighted by Crippen LogP contribution is 2.15. The molecule has 2 rings (SSSR count). The molecule has 0 spiro atoms. The lowest BCUT2D eigenvalue weighted by Gasteiger charge is -2.24. The van der Waals surface area contributed by atoms with Crippen LogP contribution in [-0.2, 0) is 40.1 Å². The Balaban J connectivity index is 1.89. The molecule has 43 heavy (non-hydrogen) atoms. The van der Waals surface area contributed by atoms with Gasteiger partial charge in [0.25, 0.3) is 0 Å². The van der Waals surface area contributed by atoms with Gasteiger partial charge in [-0.05, 0) is 47.9 Å². The van der Waals surface area contributed by atoms with Crippen molar-refractivity contribution >= 4 is 35.7 Å². The van der Waals surface area contributed by atoms with Gasteiger partial charge >= 0.3 is 11.9 Å². The lowest BCUT2D eigenvalue weighted by atomic mass is 10.0. The first kappa shape index (κ1) is 34.7. The third kappa shape index (κ3) is 12.9. The van der Waals surface area contributed by atoms with E-state index >= 15 is 0 Å². The molecular weight excluding hydrogens is 550 g/mol. The number of hydrogen-bond acceptors (Lipinski definition) is 7. The first-order valence-corrected chi connectivity index (χ1v) is 14.5. The Bertz CT molecular complexity index is 1240. The zero-order valence-electron chi connectivity index (χ0n) is 25.6. The minimum atomic E-state index is -1.12. The number of rotatable bonds is 16. The molecule has 0 aliphatic carbocycles. The Morgan fingerprint density at radius 2 is 1.53 bits per heavy atom. The monoisotopic (exact) mass is 593 g/mol. The highest BCUT2D eigenvalue weighted by Gasteiger charge is 2.30. The van der Waals surface area contributed by atoms with Crippen LogP contribution in [0.2, 0.25) is 0 Å². The van der Waals surface area contributed by atoms with Crippen LogP contribution in [0.3, 0.4) is 0 Å². The fraction of sp³-hybridized carbons (Fsp3) is 0.424. The third-order valence-electron chi connectivity index (χ3n) is 6.49. The van der Waals surface area contributed by atoms with Crippen LogP contribution in [0.15, 0.2) is 60.7 Å². The summed E-state index contributed by atoms with van der Waals surface area (Å²) in [6.45, 7) is 9.13. The molecule has 2 atom stereocenters. The number of benzene rings is 2. The highest BCUT2D eigenvalue weighted by atomic mass is 16.5. The molecule has 0 saturated heterocycles. The molecule has 2 aromatic carbocycles. The molecule has 0 unspecified atom stereocenters. The maximum atomic E-state index is 13.1. The van der Waals surface area contributed by atoms with Gasteiger partial charge in [-0.25, -0.2) is 4.79 Å². The summed E-state index contributed by atoms with van der Waals surface area (Å²) in [6, 6.07) is 14.9. The van der Waals surface area contributed by atoms with Crippen molar-refractivity contribution in [1.29, 1.82) is 0 Å². The second kappa shape index (κ2) is 18.1. The van der Waals surface area contributed by atoms with Gasteiger partial charge in [-0.3, -0.25) is 19.2 Å². The molecule has 0 radical (unpaired) electrons.